The van der Waals surface area contributed by atoms with Crippen molar-refractivity contribution in [1.29, 1.82) is 0 Å². The van der Waals surface area contributed by atoms with Gasteiger partial charge >= 0.3 is 0 Å². The lowest BCUT2D eigenvalue weighted by atomic mass is 9.88. The van der Waals surface area contributed by atoms with Crippen LogP contribution in [0.2, 0.25) is 0 Å². The maximum absolute atomic E-state index is 11.3. The molecule has 0 amide bonds. The molecule has 2 aliphatic rings. The van der Waals surface area contributed by atoms with Crippen molar-refractivity contribution in [3.8, 4) is 0 Å². The zero-order valence-corrected chi connectivity index (χ0v) is 14.6. The van der Waals surface area contributed by atoms with E-state index in [1.54, 1.807) is 0 Å². The third kappa shape index (κ3) is 4.78. The molecule has 23 heavy (non-hydrogen) atoms. The molecule has 1 heterocycles. The summed E-state index contributed by atoms with van der Waals surface area (Å²) in [6.45, 7) is 1.31. The van der Waals surface area contributed by atoms with Gasteiger partial charge in [0, 0.05) is 18.0 Å². The number of fused-ring (bicyclic) bond motifs is 1. The maximum atomic E-state index is 11.3. The summed E-state index contributed by atoms with van der Waals surface area (Å²) >= 11 is 0. The Hall–Kier alpha value is -0.920. The summed E-state index contributed by atoms with van der Waals surface area (Å²) in [4.78, 5) is 0. The highest BCUT2D eigenvalue weighted by atomic mass is 32.2. The molecule has 1 atom stereocenters. The number of sulfonamides is 1. The molecule has 3 rings (SSSR count). The summed E-state index contributed by atoms with van der Waals surface area (Å²) in [5, 5.41) is 7.77. The highest BCUT2D eigenvalue weighted by molar-refractivity contribution is 7.88. The van der Waals surface area contributed by atoms with Crippen LogP contribution in [0.3, 0.4) is 0 Å². The first kappa shape index (κ1) is 16.9. The second kappa shape index (κ2) is 7.32. The lowest BCUT2D eigenvalue weighted by Gasteiger charge is -2.27. The quantitative estimate of drug-likeness (QED) is 0.823. The topological polar surface area (TPSA) is 84.2 Å². The van der Waals surface area contributed by atoms with Crippen molar-refractivity contribution >= 4 is 10.0 Å². The van der Waals surface area contributed by atoms with E-state index in [2.05, 4.69) is 15.2 Å². The van der Waals surface area contributed by atoms with Crippen LogP contribution in [0.5, 0.6) is 0 Å². The van der Waals surface area contributed by atoms with Crippen LogP contribution in [0.4, 0.5) is 0 Å². The lowest BCUT2D eigenvalue weighted by Crippen LogP contribution is -2.38. The first-order chi connectivity index (χ1) is 11.0. The molecule has 7 heteroatoms. The molecule has 0 saturated heterocycles. The molecule has 1 aromatic rings. The van der Waals surface area contributed by atoms with Gasteiger partial charge in [-0.25, -0.2) is 13.1 Å². The van der Waals surface area contributed by atoms with Crippen LogP contribution < -0.4 is 10.0 Å². The Morgan fingerprint density at radius 1 is 1.22 bits per heavy atom. The summed E-state index contributed by atoms with van der Waals surface area (Å²) in [7, 11) is -3.21. The van der Waals surface area contributed by atoms with Crippen LogP contribution in [0.25, 0.3) is 0 Å². The zero-order chi connectivity index (χ0) is 16.3. The van der Waals surface area contributed by atoms with E-state index in [-0.39, 0.29) is 6.54 Å². The molecule has 0 aromatic carbocycles. The monoisotopic (exact) mass is 341 g/mol. The molecule has 0 spiro atoms. The molecule has 0 bridgehead atoms. The Labute approximate surface area is 138 Å². The fourth-order valence-electron chi connectivity index (χ4n) is 3.70. The Morgan fingerprint density at radius 3 is 2.74 bits per heavy atom. The molecule has 6 nitrogen and oxygen atoms in total. The third-order valence-corrected chi connectivity index (χ3v) is 5.71. The van der Waals surface area contributed by atoms with Crippen molar-refractivity contribution in [3.05, 3.63) is 17.0 Å². The Morgan fingerprint density at radius 2 is 2.00 bits per heavy atom. The number of nitrogens with one attached hydrogen (secondary N) is 2. The van der Waals surface area contributed by atoms with Crippen molar-refractivity contribution in [2.24, 2.45) is 5.92 Å². The van der Waals surface area contributed by atoms with Crippen LogP contribution in [0.1, 0.15) is 55.5 Å². The van der Waals surface area contributed by atoms with E-state index in [1.807, 2.05) is 0 Å². The van der Waals surface area contributed by atoms with Gasteiger partial charge in [0.1, 0.15) is 11.5 Å². The van der Waals surface area contributed by atoms with Crippen LogP contribution in [0, 0.1) is 5.92 Å². The van der Waals surface area contributed by atoms with E-state index in [1.165, 1.54) is 32.1 Å². The largest absolute Gasteiger partial charge is 0.361 e. The highest BCUT2D eigenvalue weighted by Crippen LogP contribution is 2.26. The zero-order valence-electron chi connectivity index (χ0n) is 13.8. The number of aryl methyl sites for hydroxylation is 1. The lowest BCUT2D eigenvalue weighted by molar-refractivity contribution is 0.309. The standard InChI is InChI=1S/C16H27N3O3S/c1-23(20,21)18-11-15-14-9-13(7-8-16(14)22-19-15)17-10-12-5-3-2-4-6-12/h12-13,17-18H,2-11H2,1H3. The minimum Gasteiger partial charge on any atom is -0.361 e. The van der Waals surface area contributed by atoms with Crippen LogP contribution in [0.15, 0.2) is 4.52 Å². The summed E-state index contributed by atoms with van der Waals surface area (Å²) < 4.78 is 30.4. The Kier molecular flexibility index (Phi) is 5.38. The number of nitrogens with zero attached hydrogens (tertiary/aromatic N) is 1. The van der Waals surface area contributed by atoms with Gasteiger partial charge in [-0.05, 0) is 38.1 Å². The SMILES string of the molecule is CS(=O)(=O)NCc1noc2c1CC(NCC1CCCCC1)CC2. The molecule has 1 aromatic heterocycles. The molecule has 2 aliphatic carbocycles. The number of hydrogen-bond acceptors (Lipinski definition) is 5. The van der Waals surface area contributed by atoms with Crippen LogP contribution in [-0.4, -0.2) is 32.4 Å². The van der Waals surface area contributed by atoms with Gasteiger partial charge in [-0.1, -0.05) is 24.4 Å². The fraction of sp³-hybridized carbons (Fsp3) is 0.812. The second-order valence-electron chi connectivity index (χ2n) is 6.98. The third-order valence-electron chi connectivity index (χ3n) is 5.04. The van der Waals surface area contributed by atoms with E-state index in [4.69, 9.17) is 4.52 Å². The van der Waals surface area contributed by atoms with Crippen molar-refractivity contribution in [3.63, 3.8) is 0 Å². The number of rotatable bonds is 6. The summed E-state index contributed by atoms with van der Waals surface area (Å²) in [6.07, 6.45) is 10.8. The predicted molar refractivity (Wildman–Crippen MR) is 88.6 cm³/mol. The predicted octanol–water partition coefficient (Wildman–Crippen LogP) is 1.75. The first-order valence-electron chi connectivity index (χ1n) is 8.65. The van der Waals surface area contributed by atoms with Crippen molar-refractivity contribution in [2.75, 3.05) is 12.8 Å². The molecule has 0 radical (unpaired) electrons. The minimum absolute atomic E-state index is 0.215. The number of aromatic nitrogens is 1. The molecule has 1 fully saturated rings. The van der Waals surface area contributed by atoms with Gasteiger partial charge in [-0.2, -0.15) is 0 Å². The first-order valence-corrected chi connectivity index (χ1v) is 10.5. The van der Waals surface area contributed by atoms with E-state index in [0.717, 1.165) is 55.0 Å². The van der Waals surface area contributed by atoms with Gasteiger partial charge in [0.25, 0.3) is 0 Å². The van der Waals surface area contributed by atoms with E-state index < -0.39 is 10.0 Å². The van der Waals surface area contributed by atoms with Crippen molar-refractivity contribution in [1.82, 2.24) is 15.2 Å². The number of hydrogen-bond donors (Lipinski definition) is 2. The molecule has 0 aliphatic heterocycles. The van der Waals surface area contributed by atoms with Crippen LogP contribution >= 0.6 is 0 Å². The average molecular weight is 341 g/mol. The normalized spacial score (nSPS) is 22.9. The molecular formula is C16H27N3O3S. The summed E-state index contributed by atoms with van der Waals surface area (Å²) in [5.41, 5.74) is 1.82. The molecule has 1 unspecified atom stereocenters. The van der Waals surface area contributed by atoms with Gasteiger partial charge in [-0.15, -0.1) is 0 Å². The van der Waals surface area contributed by atoms with E-state index in [0.29, 0.717) is 6.04 Å². The fourth-order valence-corrected chi connectivity index (χ4v) is 4.10. The Bertz CT molecular complexity index is 621. The van der Waals surface area contributed by atoms with Gasteiger partial charge < -0.3 is 9.84 Å². The van der Waals surface area contributed by atoms with Gasteiger partial charge in [-0.3, -0.25) is 0 Å². The summed E-state index contributed by atoms with van der Waals surface area (Å²) in [5.74, 6) is 1.74. The second-order valence-corrected chi connectivity index (χ2v) is 8.81. The average Bonchev–Trinajstić information content (AvgIpc) is 2.94. The molecule has 1 saturated carbocycles. The summed E-state index contributed by atoms with van der Waals surface area (Å²) in [6, 6.07) is 0.445. The molecule has 2 N–H and O–H groups in total. The van der Waals surface area contributed by atoms with Crippen molar-refractivity contribution < 1.29 is 12.9 Å². The minimum atomic E-state index is -3.21. The molecular weight excluding hydrogens is 314 g/mol. The van der Waals surface area contributed by atoms with E-state index >= 15 is 0 Å². The highest BCUT2D eigenvalue weighted by Gasteiger charge is 2.26. The smallest absolute Gasteiger partial charge is 0.209 e. The molecule has 130 valence electrons. The van der Waals surface area contributed by atoms with Gasteiger partial charge in [0.15, 0.2) is 0 Å². The van der Waals surface area contributed by atoms with Gasteiger partial charge in [0.05, 0.1) is 12.8 Å². The Balaban J connectivity index is 1.55. The van der Waals surface area contributed by atoms with Crippen LogP contribution in [-0.2, 0) is 29.4 Å². The van der Waals surface area contributed by atoms with Gasteiger partial charge in [0.2, 0.25) is 10.0 Å². The van der Waals surface area contributed by atoms with E-state index in [9.17, 15) is 8.42 Å². The van der Waals surface area contributed by atoms with Crippen molar-refractivity contribution in [2.45, 2.75) is 64.0 Å². The maximum Gasteiger partial charge on any atom is 0.209 e.